The van der Waals surface area contributed by atoms with Gasteiger partial charge in [0.15, 0.2) is 0 Å². The molecule has 9 nitrogen and oxygen atoms in total. The molecule has 0 unspecified atom stereocenters. The van der Waals surface area contributed by atoms with Crippen LogP contribution in [0, 0.1) is 23.7 Å². The number of aliphatic hydroxyl groups excluding tert-OH is 2. The van der Waals surface area contributed by atoms with Gasteiger partial charge in [-0.25, -0.2) is 0 Å². The standard InChI is InChI=1S/C48H60N2O7/c1-6-28-54-48-43(50(5)46(53)34-18-19-34)31-41(49-57-47(2,3)4)39-29-35(16-10-12-26-51)38(17-11-13-27-52)44(45(39)48)40-30-37(24-25-42(40)56-48)55-36-22-20-33(21-23-36)32-14-8-7-9-15-32/h6-9,14-15,20-25,29-30,34-35,38,43-45,51-52H,1,10-13,16-19,26-28,31H2,2-5H3/t35-,38+,43-,44+,45+,48+/m0/s1. The number of fused-ring (bicyclic) bond motifs is 2. The molecule has 2 fully saturated rings. The molecule has 2 saturated carbocycles. The van der Waals surface area contributed by atoms with Gasteiger partial charge in [-0.1, -0.05) is 72.6 Å². The first-order valence-corrected chi connectivity index (χ1v) is 20.9. The minimum Gasteiger partial charge on any atom is -0.459 e. The molecule has 1 amide bonds. The Balaban J connectivity index is 1.38. The van der Waals surface area contributed by atoms with E-state index in [0.29, 0.717) is 30.8 Å². The van der Waals surface area contributed by atoms with Crippen LogP contribution < -0.4 is 9.47 Å². The Bertz CT molecular complexity index is 1910. The average molecular weight is 777 g/mol. The number of rotatable bonds is 17. The Hall–Kier alpha value is -4.44. The van der Waals surface area contributed by atoms with Gasteiger partial charge in [0.25, 0.3) is 0 Å². The molecule has 4 aliphatic rings. The largest absolute Gasteiger partial charge is 0.459 e. The van der Waals surface area contributed by atoms with Crippen molar-refractivity contribution >= 4 is 11.6 Å². The number of amides is 1. The zero-order valence-electron chi connectivity index (χ0n) is 34.1. The lowest BCUT2D eigenvalue weighted by Gasteiger charge is -2.59. The lowest BCUT2D eigenvalue weighted by Crippen LogP contribution is -2.69. The van der Waals surface area contributed by atoms with E-state index in [1.807, 2.05) is 75.2 Å². The number of ether oxygens (including phenoxy) is 3. The van der Waals surface area contributed by atoms with E-state index in [4.69, 9.17) is 24.2 Å². The van der Waals surface area contributed by atoms with Crippen molar-refractivity contribution in [1.29, 1.82) is 0 Å². The number of carbonyl (C=O) groups is 1. The molecule has 2 N–H and O–H groups in total. The molecule has 57 heavy (non-hydrogen) atoms. The quantitative estimate of drug-likeness (QED) is 0.0799. The first-order valence-electron chi connectivity index (χ1n) is 20.9. The maximum absolute atomic E-state index is 14.0. The van der Waals surface area contributed by atoms with Crippen LogP contribution in [0.3, 0.4) is 0 Å². The van der Waals surface area contributed by atoms with Gasteiger partial charge >= 0.3 is 0 Å². The van der Waals surface area contributed by atoms with Crippen molar-refractivity contribution in [3.8, 4) is 28.4 Å². The van der Waals surface area contributed by atoms with E-state index >= 15 is 0 Å². The summed E-state index contributed by atoms with van der Waals surface area (Å²) in [5.74, 6) is 0.778. The molecule has 1 aliphatic heterocycles. The van der Waals surface area contributed by atoms with Crippen LogP contribution >= 0.6 is 0 Å². The van der Waals surface area contributed by atoms with Crippen molar-refractivity contribution in [1.82, 2.24) is 4.90 Å². The van der Waals surface area contributed by atoms with Crippen LogP contribution in [0.1, 0.15) is 90.0 Å². The van der Waals surface area contributed by atoms with Gasteiger partial charge in [-0.15, -0.1) is 6.58 Å². The topological polar surface area (TPSA) is 110 Å². The van der Waals surface area contributed by atoms with Gasteiger partial charge in [0.2, 0.25) is 11.7 Å². The summed E-state index contributed by atoms with van der Waals surface area (Å²) in [5, 5.41) is 24.7. The lowest BCUT2D eigenvalue weighted by molar-refractivity contribution is -0.256. The summed E-state index contributed by atoms with van der Waals surface area (Å²) in [6.45, 7) is 10.5. The first-order chi connectivity index (χ1) is 27.6. The molecule has 3 aliphatic carbocycles. The van der Waals surface area contributed by atoms with Crippen LogP contribution in [-0.4, -0.2) is 71.0 Å². The monoisotopic (exact) mass is 776 g/mol. The molecule has 7 rings (SSSR count). The zero-order valence-corrected chi connectivity index (χ0v) is 34.1. The van der Waals surface area contributed by atoms with Crippen molar-refractivity contribution in [2.75, 3.05) is 26.9 Å². The van der Waals surface area contributed by atoms with Gasteiger partial charge < -0.3 is 34.2 Å². The first kappa shape index (κ1) is 40.7. The maximum Gasteiger partial charge on any atom is 0.239 e. The number of allylic oxidation sites excluding steroid dienone is 1. The molecular formula is C48H60N2O7. The van der Waals surface area contributed by atoms with Gasteiger partial charge in [0.1, 0.15) is 28.9 Å². The fourth-order valence-corrected chi connectivity index (χ4v) is 9.24. The number of hydrogen-bond acceptors (Lipinski definition) is 8. The van der Waals surface area contributed by atoms with Gasteiger partial charge in [0.05, 0.1) is 18.2 Å². The second kappa shape index (κ2) is 17.6. The van der Waals surface area contributed by atoms with Gasteiger partial charge in [-0.05, 0) is 118 Å². The van der Waals surface area contributed by atoms with Gasteiger partial charge in [-0.3, -0.25) is 4.79 Å². The van der Waals surface area contributed by atoms with E-state index in [-0.39, 0.29) is 55.3 Å². The number of hydrogen-bond donors (Lipinski definition) is 2. The van der Waals surface area contributed by atoms with Gasteiger partial charge in [0, 0.05) is 44.1 Å². The Labute approximate surface area is 338 Å². The number of carbonyl (C=O) groups excluding carboxylic acids is 1. The highest BCUT2D eigenvalue weighted by atomic mass is 16.7. The Morgan fingerprint density at radius 1 is 0.947 bits per heavy atom. The van der Waals surface area contributed by atoms with E-state index in [1.54, 1.807) is 6.08 Å². The summed E-state index contributed by atoms with van der Waals surface area (Å²) in [4.78, 5) is 22.1. The van der Waals surface area contributed by atoms with E-state index in [0.717, 1.165) is 72.2 Å². The fourth-order valence-electron chi connectivity index (χ4n) is 9.24. The molecule has 0 bridgehead atoms. The number of oxime groups is 1. The van der Waals surface area contributed by atoms with Crippen LogP contribution in [0.5, 0.6) is 17.2 Å². The minimum absolute atomic E-state index is 0.00348. The second-order valence-electron chi connectivity index (χ2n) is 17.2. The van der Waals surface area contributed by atoms with Crippen molar-refractivity contribution in [3.05, 3.63) is 103 Å². The highest BCUT2D eigenvalue weighted by Gasteiger charge is 2.65. The van der Waals surface area contributed by atoms with E-state index in [9.17, 15) is 15.0 Å². The zero-order chi connectivity index (χ0) is 40.2. The van der Waals surface area contributed by atoms with E-state index < -0.39 is 17.4 Å². The molecule has 304 valence electrons. The number of benzene rings is 3. The van der Waals surface area contributed by atoms with Crippen LogP contribution in [0.4, 0.5) is 0 Å². The molecule has 3 aromatic rings. The molecule has 0 aromatic heterocycles. The van der Waals surface area contributed by atoms with Crippen LogP contribution in [0.2, 0.25) is 0 Å². The number of likely N-dealkylation sites (N-methyl/N-ethyl adjacent to an activating group) is 1. The Kier molecular flexibility index (Phi) is 12.6. The van der Waals surface area contributed by atoms with Gasteiger partial charge in [-0.2, -0.15) is 0 Å². The number of aliphatic hydroxyl groups is 2. The number of nitrogens with zero attached hydrogens (tertiary/aromatic N) is 2. The summed E-state index contributed by atoms with van der Waals surface area (Å²) >= 11 is 0. The van der Waals surface area contributed by atoms with Crippen molar-refractivity contribution in [2.45, 2.75) is 102 Å². The summed E-state index contributed by atoms with van der Waals surface area (Å²) in [6.07, 6.45) is 11.2. The fraction of sp³-hybridized carbons (Fsp3) is 0.500. The second-order valence-corrected chi connectivity index (χ2v) is 17.2. The molecule has 3 aromatic carbocycles. The maximum atomic E-state index is 14.0. The summed E-state index contributed by atoms with van der Waals surface area (Å²) < 4.78 is 20.9. The molecule has 0 spiro atoms. The number of unbranched alkanes of at least 4 members (excludes halogenated alkanes) is 2. The Morgan fingerprint density at radius 3 is 2.30 bits per heavy atom. The third kappa shape index (κ3) is 8.86. The molecular weight excluding hydrogens is 717 g/mol. The summed E-state index contributed by atoms with van der Waals surface area (Å²) in [7, 11) is 1.88. The summed E-state index contributed by atoms with van der Waals surface area (Å²) in [6, 6.07) is 24.0. The molecule has 6 atom stereocenters. The third-order valence-electron chi connectivity index (χ3n) is 12.0. The van der Waals surface area contributed by atoms with Crippen molar-refractivity contribution in [3.63, 3.8) is 0 Å². The summed E-state index contributed by atoms with van der Waals surface area (Å²) in [5.41, 5.74) is 4.58. The SMILES string of the molecule is C=CCO[C@@]12Oc3ccc(Oc4ccc(-c5ccccc5)cc4)cc3[C@H]3[C@H](CCCCO)[C@@H](CCCCO)C=C(C(=NOC(C)(C)C)C[C@@H]1N(C)C(=O)C1CC1)[C@H]32. The molecule has 0 saturated heterocycles. The van der Waals surface area contributed by atoms with Crippen LogP contribution in [0.15, 0.2) is 102 Å². The predicted octanol–water partition coefficient (Wildman–Crippen LogP) is 9.45. The van der Waals surface area contributed by atoms with E-state index in [2.05, 4.69) is 43.0 Å². The highest BCUT2D eigenvalue weighted by molar-refractivity contribution is 6.03. The van der Waals surface area contributed by atoms with Crippen LogP contribution in [-0.2, 0) is 14.4 Å². The smallest absolute Gasteiger partial charge is 0.239 e. The lowest BCUT2D eigenvalue weighted by atomic mass is 9.55. The minimum atomic E-state index is -1.25. The highest BCUT2D eigenvalue weighted by Crippen LogP contribution is 2.62. The normalized spacial score (nSPS) is 25.8. The molecule has 1 heterocycles. The Morgan fingerprint density at radius 2 is 1.63 bits per heavy atom. The molecule has 9 heteroatoms. The van der Waals surface area contributed by atoms with Crippen molar-refractivity contribution < 1.29 is 34.1 Å². The van der Waals surface area contributed by atoms with Crippen molar-refractivity contribution in [2.24, 2.45) is 28.8 Å². The average Bonchev–Trinajstić information content (AvgIpc) is 4.06. The predicted molar refractivity (Wildman–Crippen MR) is 223 cm³/mol. The van der Waals surface area contributed by atoms with E-state index in [1.165, 1.54) is 0 Å². The third-order valence-corrected chi connectivity index (χ3v) is 12.0. The molecule has 0 radical (unpaired) electrons. The van der Waals surface area contributed by atoms with Crippen LogP contribution in [0.25, 0.3) is 11.1 Å².